The normalized spacial score (nSPS) is 18.2. The lowest BCUT2D eigenvalue weighted by Crippen LogP contribution is -2.44. The van der Waals surface area contributed by atoms with Gasteiger partial charge in [0.2, 0.25) is 0 Å². The van der Waals surface area contributed by atoms with E-state index in [4.69, 9.17) is 0 Å². The van der Waals surface area contributed by atoms with Crippen molar-refractivity contribution in [2.75, 3.05) is 61.4 Å². The van der Waals surface area contributed by atoms with Crippen LogP contribution in [0.3, 0.4) is 0 Å². The summed E-state index contributed by atoms with van der Waals surface area (Å²) in [6.07, 6.45) is 7.19. The summed E-state index contributed by atoms with van der Waals surface area (Å²) in [5.41, 5.74) is 3.66. The number of aromatic nitrogens is 1. The lowest BCUT2D eigenvalue weighted by atomic mass is 10.1. The SMILES string of the molecule is CN1CCN(c2ccc(NC(=O)c3cncc(N4CCCCC4)c3)cc2)CC1. The van der Waals surface area contributed by atoms with Gasteiger partial charge in [-0.2, -0.15) is 0 Å². The fourth-order valence-electron chi connectivity index (χ4n) is 3.90. The highest BCUT2D eigenvalue weighted by Gasteiger charge is 2.16. The van der Waals surface area contributed by atoms with Gasteiger partial charge in [-0.15, -0.1) is 0 Å². The third-order valence-corrected chi connectivity index (χ3v) is 5.70. The number of piperazine rings is 1. The number of carbonyl (C=O) groups excluding carboxylic acids is 1. The van der Waals surface area contributed by atoms with Gasteiger partial charge in [-0.3, -0.25) is 9.78 Å². The second kappa shape index (κ2) is 8.61. The van der Waals surface area contributed by atoms with Crippen LogP contribution < -0.4 is 15.1 Å². The Morgan fingerprint density at radius 2 is 1.54 bits per heavy atom. The number of benzene rings is 1. The highest BCUT2D eigenvalue weighted by Crippen LogP contribution is 2.22. The molecule has 0 aliphatic carbocycles. The van der Waals surface area contributed by atoms with Gasteiger partial charge in [-0.1, -0.05) is 0 Å². The molecule has 2 saturated heterocycles. The molecule has 148 valence electrons. The number of nitrogens with one attached hydrogen (secondary N) is 1. The second-order valence-corrected chi connectivity index (χ2v) is 7.77. The third-order valence-electron chi connectivity index (χ3n) is 5.70. The maximum atomic E-state index is 12.7. The van der Waals surface area contributed by atoms with Crippen molar-refractivity contribution in [1.82, 2.24) is 9.88 Å². The number of rotatable bonds is 4. The number of anilines is 3. The molecule has 2 aromatic rings. The summed E-state index contributed by atoms with van der Waals surface area (Å²) < 4.78 is 0. The molecule has 1 aromatic heterocycles. The Hall–Kier alpha value is -2.60. The minimum absolute atomic E-state index is 0.112. The first-order valence-corrected chi connectivity index (χ1v) is 10.2. The highest BCUT2D eigenvalue weighted by atomic mass is 16.1. The first-order valence-electron chi connectivity index (χ1n) is 10.2. The summed E-state index contributed by atoms with van der Waals surface area (Å²) in [6, 6.07) is 10.1. The topological polar surface area (TPSA) is 51.7 Å². The average molecular weight is 380 g/mol. The van der Waals surface area contributed by atoms with Crippen molar-refractivity contribution in [3.8, 4) is 0 Å². The number of hydrogen-bond acceptors (Lipinski definition) is 5. The molecular weight excluding hydrogens is 350 g/mol. The van der Waals surface area contributed by atoms with Crippen molar-refractivity contribution in [3.63, 3.8) is 0 Å². The molecule has 2 fully saturated rings. The summed E-state index contributed by atoms with van der Waals surface area (Å²) in [7, 11) is 2.16. The van der Waals surface area contributed by atoms with Gasteiger partial charge in [-0.05, 0) is 56.6 Å². The molecule has 0 unspecified atom stereocenters. The fraction of sp³-hybridized carbons (Fsp3) is 0.455. The molecule has 0 radical (unpaired) electrons. The van der Waals surface area contributed by atoms with E-state index in [1.54, 1.807) is 6.20 Å². The Morgan fingerprint density at radius 1 is 0.857 bits per heavy atom. The molecule has 28 heavy (non-hydrogen) atoms. The molecule has 2 aliphatic rings. The zero-order valence-corrected chi connectivity index (χ0v) is 16.6. The Kier molecular flexibility index (Phi) is 5.76. The van der Waals surface area contributed by atoms with E-state index >= 15 is 0 Å². The Bertz CT molecular complexity index is 793. The van der Waals surface area contributed by atoms with Gasteiger partial charge in [0.1, 0.15) is 0 Å². The van der Waals surface area contributed by atoms with Crippen LogP contribution in [0.25, 0.3) is 0 Å². The molecule has 0 saturated carbocycles. The standard InChI is InChI=1S/C22H29N5O/c1-25-11-13-27(14-12-25)20-7-5-19(6-8-20)24-22(28)18-15-21(17-23-16-18)26-9-3-2-4-10-26/h5-8,15-17H,2-4,9-14H2,1H3,(H,24,28). The molecular formula is C22H29N5O. The van der Waals surface area contributed by atoms with Gasteiger partial charge in [-0.25, -0.2) is 0 Å². The van der Waals surface area contributed by atoms with Crippen molar-refractivity contribution in [2.24, 2.45) is 0 Å². The molecule has 0 atom stereocenters. The van der Waals surface area contributed by atoms with Gasteiger partial charge >= 0.3 is 0 Å². The minimum atomic E-state index is -0.112. The summed E-state index contributed by atoms with van der Waals surface area (Å²) in [4.78, 5) is 24.0. The monoisotopic (exact) mass is 379 g/mol. The van der Waals surface area contributed by atoms with Crippen molar-refractivity contribution in [2.45, 2.75) is 19.3 Å². The number of pyridine rings is 1. The lowest BCUT2D eigenvalue weighted by Gasteiger charge is -2.34. The molecule has 3 heterocycles. The van der Waals surface area contributed by atoms with Crippen LogP contribution in [0.4, 0.5) is 17.1 Å². The van der Waals surface area contributed by atoms with Gasteiger partial charge in [0, 0.05) is 56.8 Å². The van der Waals surface area contributed by atoms with E-state index < -0.39 is 0 Å². The van der Waals surface area contributed by atoms with Crippen LogP contribution in [0.5, 0.6) is 0 Å². The molecule has 6 heteroatoms. The number of nitrogens with zero attached hydrogens (tertiary/aromatic N) is 4. The highest BCUT2D eigenvalue weighted by molar-refractivity contribution is 6.04. The number of hydrogen-bond donors (Lipinski definition) is 1. The van der Waals surface area contributed by atoms with Crippen LogP contribution in [-0.2, 0) is 0 Å². The molecule has 0 bridgehead atoms. The number of likely N-dealkylation sites (N-methyl/N-ethyl adjacent to an activating group) is 1. The molecule has 6 nitrogen and oxygen atoms in total. The summed E-state index contributed by atoms with van der Waals surface area (Å²) in [5, 5.41) is 3.00. The van der Waals surface area contributed by atoms with Crippen LogP contribution in [0.1, 0.15) is 29.6 Å². The van der Waals surface area contributed by atoms with Crippen LogP contribution >= 0.6 is 0 Å². The Balaban J connectivity index is 1.39. The van der Waals surface area contributed by atoms with Crippen molar-refractivity contribution in [3.05, 3.63) is 48.3 Å². The zero-order valence-electron chi connectivity index (χ0n) is 16.6. The summed E-state index contributed by atoms with van der Waals surface area (Å²) in [6.45, 7) is 6.33. The Labute approximate surface area is 167 Å². The summed E-state index contributed by atoms with van der Waals surface area (Å²) in [5.74, 6) is -0.112. The molecule has 1 aromatic carbocycles. The van der Waals surface area contributed by atoms with E-state index in [9.17, 15) is 4.79 Å². The maximum absolute atomic E-state index is 12.7. The fourth-order valence-corrected chi connectivity index (χ4v) is 3.90. The number of amides is 1. The molecule has 0 spiro atoms. The van der Waals surface area contributed by atoms with E-state index in [1.165, 1.54) is 24.9 Å². The van der Waals surface area contributed by atoms with Crippen LogP contribution in [0, 0.1) is 0 Å². The van der Waals surface area contributed by atoms with Gasteiger partial charge in [0.15, 0.2) is 0 Å². The Morgan fingerprint density at radius 3 is 2.25 bits per heavy atom. The lowest BCUT2D eigenvalue weighted by molar-refractivity contribution is 0.102. The predicted octanol–water partition coefficient (Wildman–Crippen LogP) is 3.08. The van der Waals surface area contributed by atoms with E-state index in [0.29, 0.717) is 5.56 Å². The smallest absolute Gasteiger partial charge is 0.257 e. The first kappa shape index (κ1) is 18.7. The van der Waals surface area contributed by atoms with E-state index in [0.717, 1.165) is 50.6 Å². The quantitative estimate of drug-likeness (QED) is 0.885. The number of carbonyl (C=O) groups is 1. The average Bonchev–Trinajstić information content (AvgIpc) is 2.76. The van der Waals surface area contributed by atoms with Crippen LogP contribution in [-0.4, -0.2) is 62.1 Å². The van der Waals surface area contributed by atoms with E-state index in [1.807, 2.05) is 24.4 Å². The van der Waals surface area contributed by atoms with Crippen molar-refractivity contribution < 1.29 is 4.79 Å². The minimum Gasteiger partial charge on any atom is -0.370 e. The maximum Gasteiger partial charge on any atom is 0.257 e. The third kappa shape index (κ3) is 4.44. The predicted molar refractivity (Wildman–Crippen MR) is 114 cm³/mol. The molecule has 2 aliphatic heterocycles. The van der Waals surface area contributed by atoms with Crippen LogP contribution in [0.2, 0.25) is 0 Å². The van der Waals surface area contributed by atoms with E-state index in [-0.39, 0.29) is 5.91 Å². The van der Waals surface area contributed by atoms with Crippen molar-refractivity contribution in [1.29, 1.82) is 0 Å². The zero-order chi connectivity index (χ0) is 19.3. The number of piperidine rings is 1. The van der Waals surface area contributed by atoms with Crippen LogP contribution in [0.15, 0.2) is 42.7 Å². The molecule has 1 amide bonds. The van der Waals surface area contributed by atoms with E-state index in [2.05, 4.69) is 44.2 Å². The largest absolute Gasteiger partial charge is 0.370 e. The van der Waals surface area contributed by atoms with Crippen molar-refractivity contribution >= 4 is 23.0 Å². The molecule has 4 rings (SSSR count). The first-order chi connectivity index (χ1) is 13.7. The van der Waals surface area contributed by atoms with Gasteiger partial charge in [0.25, 0.3) is 5.91 Å². The van der Waals surface area contributed by atoms with Gasteiger partial charge in [0.05, 0.1) is 17.4 Å². The molecule has 1 N–H and O–H groups in total. The second-order valence-electron chi connectivity index (χ2n) is 7.77. The van der Waals surface area contributed by atoms with Gasteiger partial charge < -0.3 is 20.0 Å². The summed E-state index contributed by atoms with van der Waals surface area (Å²) >= 11 is 0.